The Hall–Kier alpha value is -2.66. The SMILES string of the molecule is CC(=O)Nc1cccc(C(=O)NC2CCN(Cc3ccccc3)CC2)c1. The molecule has 1 aliphatic rings. The third-order valence-corrected chi connectivity index (χ3v) is 4.62. The van der Waals surface area contributed by atoms with Gasteiger partial charge in [0.1, 0.15) is 0 Å². The van der Waals surface area contributed by atoms with Crippen molar-refractivity contribution in [3.05, 3.63) is 65.7 Å². The van der Waals surface area contributed by atoms with Crippen LogP contribution in [0.15, 0.2) is 54.6 Å². The molecule has 1 heterocycles. The van der Waals surface area contributed by atoms with Gasteiger partial charge in [-0.05, 0) is 36.6 Å². The second-order valence-electron chi connectivity index (χ2n) is 6.77. The van der Waals surface area contributed by atoms with Crippen LogP contribution in [0.4, 0.5) is 5.69 Å². The maximum Gasteiger partial charge on any atom is 0.251 e. The molecule has 0 unspecified atom stereocenters. The summed E-state index contributed by atoms with van der Waals surface area (Å²) in [6.07, 6.45) is 1.90. The van der Waals surface area contributed by atoms with E-state index in [9.17, 15) is 9.59 Å². The molecule has 1 fully saturated rings. The van der Waals surface area contributed by atoms with Crippen LogP contribution in [0.2, 0.25) is 0 Å². The number of anilines is 1. The van der Waals surface area contributed by atoms with Crippen LogP contribution >= 0.6 is 0 Å². The van der Waals surface area contributed by atoms with Crippen LogP contribution in [-0.2, 0) is 11.3 Å². The van der Waals surface area contributed by atoms with Crippen molar-refractivity contribution >= 4 is 17.5 Å². The van der Waals surface area contributed by atoms with Gasteiger partial charge in [-0.2, -0.15) is 0 Å². The fourth-order valence-corrected chi connectivity index (χ4v) is 3.29. The van der Waals surface area contributed by atoms with Gasteiger partial charge in [-0.25, -0.2) is 0 Å². The molecule has 2 aromatic rings. The van der Waals surface area contributed by atoms with E-state index in [1.165, 1.54) is 12.5 Å². The minimum Gasteiger partial charge on any atom is -0.349 e. The van der Waals surface area contributed by atoms with Crippen molar-refractivity contribution in [2.24, 2.45) is 0 Å². The highest BCUT2D eigenvalue weighted by Gasteiger charge is 2.21. The summed E-state index contributed by atoms with van der Waals surface area (Å²) in [6, 6.07) is 17.7. The van der Waals surface area contributed by atoms with Gasteiger partial charge in [0.05, 0.1) is 0 Å². The third kappa shape index (κ3) is 5.17. The average Bonchev–Trinajstić information content (AvgIpc) is 2.64. The van der Waals surface area contributed by atoms with Gasteiger partial charge in [0.2, 0.25) is 5.91 Å². The monoisotopic (exact) mass is 351 g/mol. The summed E-state index contributed by atoms with van der Waals surface area (Å²) in [5.41, 5.74) is 2.54. The van der Waals surface area contributed by atoms with Gasteiger partial charge >= 0.3 is 0 Å². The van der Waals surface area contributed by atoms with Gasteiger partial charge in [0.25, 0.3) is 5.91 Å². The molecule has 2 aromatic carbocycles. The first kappa shape index (κ1) is 18.1. The molecule has 2 amide bonds. The second-order valence-corrected chi connectivity index (χ2v) is 6.77. The molecule has 136 valence electrons. The molecule has 0 aliphatic carbocycles. The normalized spacial score (nSPS) is 15.4. The standard InChI is InChI=1S/C21H25N3O2/c1-16(25)22-20-9-5-8-18(14-20)21(26)23-19-10-12-24(13-11-19)15-17-6-3-2-4-7-17/h2-9,14,19H,10-13,15H2,1H3,(H,22,25)(H,23,26). The highest BCUT2D eigenvalue weighted by molar-refractivity contribution is 5.96. The molecule has 2 N–H and O–H groups in total. The summed E-state index contributed by atoms with van der Waals surface area (Å²) >= 11 is 0. The zero-order valence-corrected chi connectivity index (χ0v) is 15.1. The van der Waals surface area contributed by atoms with Gasteiger partial charge in [0, 0.05) is 43.9 Å². The van der Waals surface area contributed by atoms with Gasteiger partial charge in [0.15, 0.2) is 0 Å². The molecule has 0 bridgehead atoms. The smallest absolute Gasteiger partial charge is 0.251 e. The van der Waals surface area contributed by atoms with E-state index in [0.29, 0.717) is 11.3 Å². The highest BCUT2D eigenvalue weighted by Crippen LogP contribution is 2.15. The van der Waals surface area contributed by atoms with E-state index in [1.54, 1.807) is 24.3 Å². The number of rotatable bonds is 5. The summed E-state index contributed by atoms with van der Waals surface area (Å²) in [7, 11) is 0. The predicted octanol–water partition coefficient (Wildman–Crippen LogP) is 3.04. The lowest BCUT2D eigenvalue weighted by atomic mass is 10.0. The quantitative estimate of drug-likeness (QED) is 0.870. The summed E-state index contributed by atoms with van der Waals surface area (Å²) < 4.78 is 0. The van der Waals surface area contributed by atoms with Gasteiger partial charge < -0.3 is 10.6 Å². The first-order valence-electron chi connectivity index (χ1n) is 9.05. The molecule has 0 aromatic heterocycles. The molecule has 0 radical (unpaired) electrons. The summed E-state index contributed by atoms with van der Waals surface area (Å²) in [6.45, 7) is 4.37. The molecule has 1 saturated heterocycles. The maximum atomic E-state index is 12.5. The van der Waals surface area contributed by atoms with E-state index >= 15 is 0 Å². The minimum atomic E-state index is -0.145. The topological polar surface area (TPSA) is 61.4 Å². The molecule has 0 saturated carbocycles. The second kappa shape index (κ2) is 8.63. The molecular formula is C21H25N3O2. The number of carbonyl (C=O) groups is 2. The third-order valence-electron chi connectivity index (χ3n) is 4.62. The van der Waals surface area contributed by atoms with E-state index in [1.807, 2.05) is 6.07 Å². The van der Waals surface area contributed by atoms with Crippen molar-refractivity contribution in [2.75, 3.05) is 18.4 Å². The van der Waals surface area contributed by atoms with E-state index in [4.69, 9.17) is 0 Å². The Morgan fingerprint density at radius 3 is 2.46 bits per heavy atom. The first-order valence-corrected chi connectivity index (χ1v) is 9.05. The number of likely N-dealkylation sites (tertiary alicyclic amines) is 1. The number of nitrogens with one attached hydrogen (secondary N) is 2. The van der Waals surface area contributed by atoms with E-state index in [0.717, 1.165) is 32.5 Å². The van der Waals surface area contributed by atoms with Crippen LogP contribution in [-0.4, -0.2) is 35.8 Å². The number of hydrogen-bond donors (Lipinski definition) is 2. The summed E-state index contributed by atoms with van der Waals surface area (Å²) in [5.74, 6) is -0.230. The number of piperidine rings is 1. The van der Waals surface area contributed by atoms with Gasteiger partial charge in [-0.15, -0.1) is 0 Å². The van der Waals surface area contributed by atoms with E-state index < -0.39 is 0 Å². The molecule has 5 heteroatoms. The first-order chi connectivity index (χ1) is 12.6. The van der Waals surface area contributed by atoms with E-state index in [2.05, 4.69) is 39.8 Å². The van der Waals surface area contributed by atoms with Crippen LogP contribution in [0.3, 0.4) is 0 Å². The molecular weight excluding hydrogens is 326 g/mol. The van der Waals surface area contributed by atoms with Crippen molar-refractivity contribution in [2.45, 2.75) is 32.4 Å². The molecule has 0 atom stereocenters. The van der Waals surface area contributed by atoms with Crippen molar-refractivity contribution < 1.29 is 9.59 Å². The zero-order valence-electron chi connectivity index (χ0n) is 15.1. The molecule has 1 aliphatic heterocycles. The Kier molecular flexibility index (Phi) is 6.02. The lowest BCUT2D eigenvalue weighted by Gasteiger charge is -2.32. The van der Waals surface area contributed by atoms with Crippen molar-refractivity contribution in [1.82, 2.24) is 10.2 Å². The van der Waals surface area contributed by atoms with Gasteiger partial charge in [-0.3, -0.25) is 14.5 Å². The Balaban J connectivity index is 1.49. The van der Waals surface area contributed by atoms with E-state index in [-0.39, 0.29) is 17.9 Å². The van der Waals surface area contributed by atoms with Crippen molar-refractivity contribution in [1.29, 1.82) is 0 Å². The predicted molar refractivity (Wildman–Crippen MR) is 103 cm³/mol. The van der Waals surface area contributed by atoms with Crippen LogP contribution in [0, 0.1) is 0 Å². The van der Waals surface area contributed by atoms with Gasteiger partial charge in [-0.1, -0.05) is 36.4 Å². The zero-order chi connectivity index (χ0) is 18.4. The fraction of sp³-hybridized carbons (Fsp3) is 0.333. The molecule has 5 nitrogen and oxygen atoms in total. The fourth-order valence-electron chi connectivity index (χ4n) is 3.29. The van der Waals surface area contributed by atoms with Crippen molar-refractivity contribution in [3.63, 3.8) is 0 Å². The van der Waals surface area contributed by atoms with Crippen LogP contribution in [0.1, 0.15) is 35.7 Å². The Morgan fingerprint density at radius 2 is 1.77 bits per heavy atom. The summed E-state index contributed by atoms with van der Waals surface area (Å²) in [5, 5.41) is 5.83. The highest BCUT2D eigenvalue weighted by atomic mass is 16.2. The molecule has 26 heavy (non-hydrogen) atoms. The minimum absolute atomic E-state index is 0.0845. The Labute approximate surface area is 154 Å². The Morgan fingerprint density at radius 1 is 1.04 bits per heavy atom. The molecule has 3 rings (SSSR count). The van der Waals surface area contributed by atoms with Crippen LogP contribution in [0.5, 0.6) is 0 Å². The number of hydrogen-bond acceptors (Lipinski definition) is 3. The van der Waals surface area contributed by atoms with Crippen LogP contribution in [0.25, 0.3) is 0 Å². The molecule has 0 spiro atoms. The average molecular weight is 351 g/mol. The lowest BCUT2D eigenvalue weighted by Crippen LogP contribution is -2.44. The summed E-state index contributed by atoms with van der Waals surface area (Å²) in [4.78, 5) is 26.1. The largest absolute Gasteiger partial charge is 0.349 e. The lowest BCUT2D eigenvalue weighted by molar-refractivity contribution is -0.114. The maximum absolute atomic E-state index is 12.5. The van der Waals surface area contributed by atoms with Crippen LogP contribution < -0.4 is 10.6 Å². The van der Waals surface area contributed by atoms with Crippen molar-refractivity contribution in [3.8, 4) is 0 Å². The number of carbonyl (C=O) groups excluding carboxylic acids is 2. The number of benzene rings is 2. The number of nitrogens with zero attached hydrogens (tertiary/aromatic N) is 1. The Bertz CT molecular complexity index is 753. The number of amides is 2.